The number of nitrogen functional groups attached to an aromatic ring is 1. The van der Waals surface area contributed by atoms with Crippen LogP contribution < -0.4 is 5.73 Å². The van der Waals surface area contributed by atoms with Crippen LogP contribution in [0.5, 0.6) is 0 Å². The van der Waals surface area contributed by atoms with Crippen LogP contribution in [0.3, 0.4) is 0 Å². The van der Waals surface area contributed by atoms with Crippen molar-refractivity contribution in [3.8, 4) is 5.95 Å². The molecular weight excluding hydrogens is 230 g/mol. The summed E-state index contributed by atoms with van der Waals surface area (Å²) in [5.74, 6) is 0.884. The average Bonchev–Trinajstić information content (AvgIpc) is 2.94. The molecule has 7 nitrogen and oxygen atoms in total. The third-order valence-corrected chi connectivity index (χ3v) is 2.53. The first-order valence-corrected chi connectivity index (χ1v) is 5.42. The number of nitrogens with zero attached hydrogens (tertiary/aromatic N) is 6. The van der Waals surface area contributed by atoms with Gasteiger partial charge in [0.05, 0.1) is 11.7 Å². The standard InChI is InChI=1S/C11H11N7/c1-2-5-17-9-3-4-13-6-8(9)16-11(17)18-10(12)14-7-15-18/h2-7H,1H3,(H2,12,14,15)/b5-2+. The third kappa shape index (κ3) is 1.45. The summed E-state index contributed by atoms with van der Waals surface area (Å²) in [6, 6.07) is 1.89. The van der Waals surface area contributed by atoms with Gasteiger partial charge in [0.25, 0.3) is 0 Å². The molecule has 18 heavy (non-hydrogen) atoms. The highest BCUT2D eigenvalue weighted by atomic mass is 15.4. The van der Waals surface area contributed by atoms with Gasteiger partial charge in [-0.25, -0.2) is 4.98 Å². The molecule has 0 fully saturated rings. The van der Waals surface area contributed by atoms with Crippen molar-refractivity contribution < 1.29 is 0 Å². The zero-order valence-corrected chi connectivity index (χ0v) is 9.72. The van der Waals surface area contributed by atoms with Crippen LogP contribution in [-0.4, -0.2) is 29.3 Å². The molecule has 0 atom stereocenters. The molecule has 0 aliphatic rings. The van der Waals surface area contributed by atoms with Gasteiger partial charge in [-0.15, -0.1) is 0 Å². The zero-order valence-electron chi connectivity index (χ0n) is 9.72. The third-order valence-electron chi connectivity index (χ3n) is 2.53. The highest BCUT2D eigenvalue weighted by molar-refractivity contribution is 5.78. The second-order valence-corrected chi connectivity index (χ2v) is 3.66. The van der Waals surface area contributed by atoms with Crippen molar-refractivity contribution in [3.05, 3.63) is 30.9 Å². The number of imidazole rings is 1. The van der Waals surface area contributed by atoms with Gasteiger partial charge in [-0.3, -0.25) is 9.55 Å². The largest absolute Gasteiger partial charge is 0.368 e. The molecule has 0 aliphatic carbocycles. The first-order chi connectivity index (χ1) is 8.81. The second-order valence-electron chi connectivity index (χ2n) is 3.66. The van der Waals surface area contributed by atoms with E-state index in [-0.39, 0.29) is 0 Å². The number of rotatable bonds is 2. The summed E-state index contributed by atoms with van der Waals surface area (Å²) in [4.78, 5) is 12.4. The molecule has 3 rings (SSSR count). The lowest BCUT2D eigenvalue weighted by molar-refractivity contribution is 0.815. The lowest BCUT2D eigenvalue weighted by atomic mass is 10.4. The fourth-order valence-electron chi connectivity index (χ4n) is 1.79. The van der Waals surface area contributed by atoms with Crippen LogP contribution >= 0.6 is 0 Å². The Morgan fingerprint density at radius 3 is 3.00 bits per heavy atom. The highest BCUT2D eigenvalue weighted by Gasteiger charge is 2.13. The summed E-state index contributed by atoms with van der Waals surface area (Å²) in [7, 11) is 0. The van der Waals surface area contributed by atoms with Gasteiger partial charge < -0.3 is 5.73 Å². The summed E-state index contributed by atoms with van der Waals surface area (Å²) >= 11 is 0. The molecule has 0 aromatic carbocycles. The number of fused-ring (bicyclic) bond motifs is 1. The van der Waals surface area contributed by atoms with E-state index in [2.05, 4.69) is 20.1 Å². The quantitative estimate of drug-likeness (QED) is 0.725. The number of pyridine rings is 1. The summed E-state index contributed by atoms with van der Waals surface area (Å²) < 4.78 is 3.38. The molecule has 90 valence electrons. The zero-order chi connectivity index (χ0) is 12.5. The predicted molar refractivity (Wildman–Crippen MR) is 67.9 cm³/mol. The molecule has 0 bridgehead atoms. The highest BCUT2D eigenvalue weighted by Crippen LogP contribution is 2.19. The van der Waals surface area contributed by atoms with Gasteiger partial charge in [0.1, 0.15) is 11.8 Å². The molecular formula is C11H11N7. The van der Waals surface area contributed by atoms with Gasteiger partial charge in [-0.05, 0) is 13.0 Å². The number of aromatic nitrogens is 6. The number of allylic oxidation sites excluding steroid dienone is 1. The Hall–Kier alpha value is -2.70. The molecule has 0 amide bonds. The molecule has 0 saturated carbocycles. The van der Waals surface area contributed by atoms with Gasteiger partial charge in [0.15, 0.2) is 0 Å². The molecule has 7 heteroatoms. The molecule has 0 radical (unpaired) electrons. The van der Waals surface area contributed by atoms with E-state index in [1.165, 1.54) is 11.0 Å². The van der Waals surface area contributed by atoms with Crippen LogP contribution in [0.4, 0.5) is 5.95 Å². The van der Waals surface area contributed by atoms with Crippen molar-refractivity contribution in [2.24, 2.45) is 0 Å². The molecule has 3 heterocycles. The van der Waals surface area contributed by atoms with Crippen LogP contribution in [0.25, 0.3) is 23.2 Å². The van der Waals surface area contributed by atoms with E-state index in [1.807, 2.05) is 29.8 Å². The molecule has 0 aliphatic heterocycles. The minimum absolute atomic E-state index is 0.295. The van der Waals surface area contributed by atoms with E-state index in [0.29, 0.717) is 11.9 Å². The monoisotopic (exact) mass is 241 g/mol. The Labute approximate surface area is 103 Å². The molecule has 0 saturated heterocycles. The van der Waals surface area contributed by atoms with Gasteiger partial charge in [-0.2, -0.15) is 14.8 Å². The van der Waals surface area contributed by atoms with Crippen molar-refractivity contribution in [1.82, 2.24) is 29.3 Å². The van der Waals surface area contributed by atoms with Gasteiger partial charge >= 0.3 is 0 Å². The first kappa shape index (κ1) is 10.5. The summed E-state index contributed by atoms with van der Waals surface area (Å²) in [5, 5.41) is 4.07. The van der Waals surface area contributed by atoms with Crippen LogP contribution in [-0.2, 0) is 0 Å². The Morgan fingerprint density at radius 1 is 1.39 bits per heavy atom. The van der Waals surface area contributed by atoms with E-state index in [9.17, 15) is 0 Å². The van der Waals surface area contributed by atoms with Crippen molar-refractivity contribution in [2.75, 3.05) is 5.73 Å². The van der Waals surface area contributed by atoms with Crippen molar-refractivity contribution in [2.45, 2.75) is 6.92 Å². The van der Waals surface area contributed by atoms with E-state index >= 15 is 0 Å². The van der Waals surface area contributed by atoms with Crippen molar-refractivity contribution in [1.29, 1.82) is 0 Å². The maximum absolute atomic E-state index is 5.76. The smallest absolute Gasteiger partial charge is 0.239 e. The SMILES string of the molecule is C/C=C/n1c(-n2ncnc2N)nc2cnccc21. The molecule has 0 unspecified atom stereocenters. The van der Waals surface area contributed by atoms with Crippen LogP contribution in [0.1, 0.15) is 6.92 Å². The molecule has 2 N–H and O–H groups in total. The number of anilines is 1. The summed E-state index contributed by atoms with van der Waals surface area (Å²) in [5.41, 5.74) is 7.47. The molecule has 3 aromatic heterocycles. The van der Waals surface area contributed by atoms with E-state index < -0.39 is 0 Å². The number of nitrogens with two attached hydrogens (primary N) is 1. The van der Waals surface area contributed by atoms with Gasteiger partial charge in [0, 0.05) is 12.4 Å². The minimum atomic E-state index is 0.295. The second kappa shape index (κ2) is 3.95. The molecule has 0 spiro atoms. The van der Waals surface area contributed by atoms with Crippen molar-refractivity contribution in [3.63, 3.8) is 0 Å². The Balaban J connectivity index is 2.35. The lowest BCUT2D eigenvalue weighted by Crippen LogP contribution is -2.07. The van der Waals surface area contributed by atoms with Crippen LogP contribution in [0, 0.1) is 0 Å². The number of hydrogen-bond donors (Lipinski definition) is 1. The van der Waals surface area contributed by atoms with Gasteiger partial charge in [-0.1, -0.05) is 6.08 Å². The molecule has 3 aromatic rings. The first-order valence-electron chi connectivity index (χ1n) is 5.42. The van der Waals surface area contributed by atoms with Crippen LogP contribution in [0.15, 0.2) is 30.9 Å². The maximum Gasteiger partial charge on any atom is 0.239 e. The average molecular weight is 241 g/mol. The van der Waals surface area contributed by atoms with Crippen LogP contribution in [0.2, 0.25) is 0 Å². The minimum Gasteiger partial charge on any atom is -0.368 e. The topological polar surface area (TPSA) is 87.4 Å². The summed E-state index contributed by atoms with van der Waals surface area (Å²) in [6.07, 6.45) is 8.63. The van der Waals surface area contributed by atoms with Crippen molar-refractivity contribution >= 4 is 23.2 Å². The van der Waals surface area contributed by atoms with Gasteiger partial charge in [0.2, 0.25) is 11.9 Å². The normalized spacial score (nSPS) is 11.6. The Bertz CT molecular complexity index is 722. The fourth-order valence-corrected chi connectivity index (χ4v) is 1.79. The van der Waals surface area contributed by atoms with E-state index in [1.54, 1.807) is 12.4 Å². The van der Waals surface area contributed by atoms with E-state index in [4.69, 9.17) is 5.73 Å². The maximum atomic E-state index is 5.76. The lowest BCUT2D eigenvalue weighted by Gasteiger charge is -2.03. The predicted octanol–water partition coefficient (Wildman–Crippen LogP) is 1.08. The van der Waals surface area contributed by atoms with E-state index in [0.717, 1.165) is 11.0 Å². The fraction of sp³-hybridized carbons (Fsp3) is 0.0909. The number of hydrogen-bond acceptors (Lipinski definition) is 5. The Morgan fingerprint density at radius 2 is 2.28 bits per heavy atom. The summed E-state index contributed by atoms with van der Waals surface area (Å²) in [6.45, 7) is 1.93. The Kier molecular flexibility index (Phi) is 2.30.